The summed E-state index contributed by atoms with van der Waals surface area (Å²) in [5, 5.41) is 5.14. The van der Waals surface area contributed by atoms with Gasteiger partial charge < -0.3 is 10.3 Å². The molecular weight excluding hydrogens is 232 g/mol. The zero-order valence-electron chi connectivity index (χ0n) is 12.2. The zero-order chi connectivity index (χ0) is 13.4. The van der Waals surface area contributed by atoms with Crippen molar-refractivity contribution in [3.05, 3.63) is 35.0 Å². The molecule has 0 amide bonds. The van der Waals surface area contributed by atoms with Gasteiger partial charge in [-0.25, -0.2) is 0 Å². The highest BCUT2D eigenvalue weighted by molar-refractivity contribution is 5.85. The number of aromatic nitrogens is 1. The van der Waals surface area contributed by atoms with Crippen molar-refractivity contribution in [1.29, 1.82) is 0 Å². The number of hydrogen-bond donors (Lipinski definition) is 2. The van der Waals surface area contributed by atoms with E-state index in [-0.39, 0.29) is 0 Å². The molecule has 1 aliphatic carbocycles. The van der Waals surface area contributed by atoms with Crippen molar-refractivity contribution < 1.29 is 0 Å². The van der Waals surface area contributed by atoms with Crippen LogP contribution in [0.25, 0.3) is 10.9 Å². The number of aromatic amines is 1. The summed E-state index contributed by atoms with van der Waals surface area (Å²) in [6, 6.07) is 8.08. The SMILES string of the molecule is CCc1ccc2[nH]c3c(c2c1)CC(NC(C)C)CC3. The largest absolute Gasteiger partial charge is 0.358 e. The van der Waals surface area contributed by atoms with Crippen molar-refractivity contribution in [3.8, 4) is 0 Å². The number of rotatable bonds is 3. The first-order valence-electron chi connectivity index (χ1n) is 7.55. The number of H-pyrrole nitrogens is 1. The quantitative estimate of drug-likeness (QED) is 0.863. The van der Waals surface area contributed by atoms with E-state index in [0.29, 0.717) is 12.1 Å². The summed E-state index contributed by atoms with van der Waals surface area (Å²) in [4.78, 5) is 3.61. The summed E-state index contributed by atoms with van der Waals surface area (Å²) in [5.41, 5.74) is 5.76. The van der Waals surface area contributed by atoms with Gasteiger partial charge in [0.25, 0.3) is 0 Å². The van der Waals surface area contributed by atoms with Gasteiger partial charge in [-0.05, 0) is 48.9 Å². The first-order valence-corrected chi connectivity index (χ1v) is 7.55. The molecule has 1 aliphatic rings. The summed E-state index contributed by atoms with van der Waals surface area (Å²) in [7, 11) is 0. The van der Waals surface area contributed by atoms with Crippen molar-refractivity contribution in [3.63, 3.8) is 0 Å². The van der Waals surface area contributed by atoms with Crippen LogP contribution < -0.4 is 5.32 Å². The molecule has 102 valence electrons. The van der Waals surface area contributed by atoms with Crippen LogP contribution >= 0.6 is 0 Å². The highest BCUT2D eigenvalue weighted by Gasteiger charge is 2.22. The van der Waals surface area contributed by atoms with Gasteiger partial charge in [0.2, 0.25) is 0 Å². The fourth-order valence-electron chi connectivity index (χ4n) is 3.30. The molecule has 0 spiro atoms. The van der Waals surface area contributed by atoms with E-state index in [1.807, 2.05) is 0 Å². The molecule has 3 rings (SSSR count). The minimum Gasteiger partial charge on any atom is -0.358 e. The molecule has 1 atom stereocenters. The smallest absolute Gasteiger partial charge is 0.0459 e. The Labute approximate surface area is 115 Å². The Morgan fingerprint density at radius 1 is 1.37 bits per heavy atom. The van der Waals surface area contributed by atoms with Gasteiger partial charge in [0.05, 0.1) is 0 Å². The Bertz CT molecular complexity index is 580. The summed E-state index contributed by atoms with van der Waals surface area (Å²) in [6.45, 7) is 6.70. The van der Waals surface area contributed by atoms with Crippen LogP contribution in [0.3, 0.4) is 0 Å². The summed E-state index contributed by atoms with van der Waals surface area (Å²) >= 11 is 0. The van der Waals surface area contributed by atoms with Gasteiger partial charge in [-0.15, -0.1) is 0 Å². The molecule has 0 saturated heterocycles. The molecule has 1 unspecified atom stereocenters. The van der Waals surface area contributed by atoms with E-state index < -0.39 is 0 Å². The predicted molar refractivity (Wildman–Crippen MR) is 81.8 cm³/mol. The molecule has 1 aromatic carbocycles. The van der Waals surface area contributed by atoms with Gasteiger partial charge in [-0.1, -0.05) is 26.8 Å². The van der Waals surface area contributed by atoms with Crippen LogP contribution in [0, 0.1) is 0 Å². The minimum absolute atomic E-state index is 0.572. The Hall–Kier alpha value is -1.28. The summed E-state index contributed by atoms with van der Waals surface area (Å²) in [5.74, 6) is 0. The van der Waals surface area contributed by atoms with Gasteiger partial charge in [-0.3, -0.25) is 0 Å². The molecular formula is C17H24N2. The minimum atomic E-state index is 0.572. The molecule has 0 radical (unpaired) electrons. The van der Waals surface area contributed by atoms with Crippen LogP contribution in [0.1, 0.15) is 44.0 Å². The molecule has 0 fully saturated rings. The number of nitrogens with one attached hydrogen (secondary N) is 2. The summed E-state index contributed by atoms with van der Waals surface area (Å²) in [6.07, 6.45) is 4.71. The van der Waals surface area contributed by atoms with Crippen molar-refractivity contribution in [1.82, 2.24) is 10.3 Å². The van der Waals surface area contributed by atoms with Crippen molar-refractivity contribution in [2.75, 3.05) is 0 Å². The molecule has 2 aromatic rings. The third-order valence-electron chi connectivity index (χ3n) is 4.23. The van der Waals surface area contributed by atoms with E-state index in [0.717, 1.165) is 6.42 Å². The second-order valence-corrected chi connectivity index (χ2v) is 6.08. The lowest BCUT2D eigenvalue weighted by Gasteiger charge is -2.25. The van der Waals surface area contributed by atoms with Crippen LogP contribution in [0.4, 0.5) is 0 Å². The van der Waals surface area contributed by atoms with E-state index >= 15 is 0 Å². The van der Waals surface area contributed by atoms with E-state index in [1.54, 1.807) is 5.56 Å². The molecule has 1 heterocycles. The van der Waals surface area contributed by atoms with Crippen LogP contribution in [0.2, 0.25) is 0 Å². The maximum atomic E-state index is 3.69. The van der Waals surface area contributed by atoms with Gasteiger partial charge in [-0.2, -0.15) is 0 Å². The topological polar surface area (TPSA) is 27.8 Å². The van der Waals surface area contributed by atoms with Crippen molar-refractivity contribution in [2.24, 2.45) is 0 Å². The Morgan fingerprint density at radius 2 is 2.21 bits per heavy atom. The lowest BCUT2D eigenvalue weighted by molar-refractivity contribution is 0.421. The average molecular weight is 256 g/mol. The third-order valence-corrected chi connectivity index (χ3v) is 4.23. The third kappa shape index (κ3) is 2.42. The average Bonchev–Trinajstić information content (AvgIpc) is 2.75. The van der Waals surface area contributed by atoms with E-state index in [9.17, 15) is 0 Å². The monoisotopic (exact) mass is 256 g/mol. The van der Waals surface area contributed by atoms with Crippen LogP contribution in [-0.2, 0) is 19.3 Å². The van der Waals surface area contributed by atoms with Crippen molar-refractivity contribution >= 4 is 10.9 Å². The second-order valence-electron chi connectivity index (χ2n) is 6.08. The van der Waals surface area contributed by atoms with E-state index in [4.69, 9.17) is 0 Å². The lowest BCUT2D eigenvalue weighted by Crippen LogP contribution is -2.38. The molecule has 0 saturated carbocycles. The zero-order valence-corrected chi connectivity index (χ0v) is 12.2. The van der Waals surface area contributed by atoms with Crippen LogP contribution in [0.15, 0.2) is 18.2 Å². The predicted octanol–water partition coefficient (Wildman–Crippen LogP) is 3.59. The summed E-state index contributed by atoms with van der Waals surface area (Å²) < 4.78 is 0. The molecule has 1 aromatic heterocycles. The first kappa shape index (κ1) is 12.7. The Kier molecular flexibility index (Phi) is 3.36. The normalized spacial score (nSPS) is 19.1. The van der Waals surface area contributed by atoms with Crippen molar-refractivity contribution in [2.45, 2.75) is 58.5 Å². The second kappa shape index (κ2) is 5.01. The maximum Gasteiger partial charge on any atom is 0.0459 e. The number of benzene rings is 1. The Morgan fingerprint density at radius 3 is 2.95 bits per heavy atom. The fraction of sp³-hybridized carbons (Fsp3) is 0.529. The molecule has 2 heteroatoms. The molecule has 2 N–H and O–H groups in total. The Balaban J connectivity index is 1.97. The fourth-order valence-corrected chi connectivity index (χ4v) is 3.30. The number of hydrogen-bond acceptors (Lipinski definition) is 1. The van der Waals surface area contributed by atoms with Gasteiger partial charge in [0, 0.05) is 28.7 Å². The van der Waals surface area contributed by atoms with E-state index in [2.05, 4.69) is 49.3 Å². The van der Waals surface area contributed by atoms with Gasteiger partial charge in [0.15, 0.2) is 0 Å². The van der Waals surface area contributed by atoms with Gasteiger partial charge in [0.1, 0.15) is 0 Å². The number of aryl methyl sites for hydroxylation is 2. The molecule has 0 bridgehead atoms. The highest BCUT2D eigenvalue weighted by Crippen LogP contribution is 2.30. The first-order chi connectivity index (χ1) is 9.17. The van der Waals surface area contributed by atoms with E-state index in [1.165, 1.54) is 41.4 Å². The maximum absolute atomic E-state index is 3.69. The number of fused-ring (bicyclic) bond motifs is 3. The lowest BCUT2D eigenvalue weighted by atomic mass is 9.90. The van der Waals surface area contributed by atoms with Gasteiger partial charge >= 0.3 is 0 Å². The highest BCUT2D eigenvalue weighted by atomic mass is 14.9. The van der Waals surface area contributed by atoms with Crippen LogP contribution in [-0.4, -0.2) is 17.1 Å². The molecule has 2 nitrogen and oxygen atoms in total. The molecule has 0 aliphatic heterocycles. The van der Waals surface area contributed by atoms with Crippen LogP contribution in [0.5, 0.6) is 0 Å². The standard InChI is InChI=1S/C17H24N2/c1-4-12-5-7-16-14(9-12)15-10-13(18-11(2)3)6-8-17(15)19-16/h5,7,9,11,13,18-19H,4,6,8,10H2,1-3H3. The molecule has 19 heavy (non-hydrogen) atoms.